The maximum absolute atomic E-state index is 13.1. The molecular formula is C12H9BrF2O4. The number of halogens is 3. The number of benzene rings is 1. The minimum Gasteiger partial charge on any atom is -0.481 e. The van der Waals surface area contributed by atoms with E-state index < -0.39 is 30.0 Å². The third-order valence-electron chi connectivity index (χ3n) is 2.16. The molecule has 1 rings (SSSR count). The standard InChI is InChI=1S/C12H9BrF2O4/c1-19-12(18)7(4-11(16)17)2-6-3-9(14)10(15)5-8(6)13/h2-3,5H,4H2,1H3,(H,16,17). The number of ether oxygens (including phenoxy) is 1. The molecule has 0 unspecified atom stereocenters. The lowest BCUT2D eigenvalue weighted by Crippen LogP contribution is -2.09. The van der Waals surface area contributed by atoms with Crippen LogP contribution in [0.5, 0.6) is 0 Å². The average molecular weight is 335 g/mol. The van der Waals surface area contributed by atoms with E-state index in [1.807, 2.05) is 0 Å². The van der Waals surface area contributed by atoms with Crippen molar-refractivity contribution in [2.24, 2.45) is 0 Å². The smallest absolute Gasteiger partial charge is 0.334 e. The SMILES string of the molecule is COC(=O)C(=Cc1cc(F)c(F)cc1Br)CC(=O)O. The van der Waals surface area contributed by atoms with E-state index in [1.54, 1.807) is 0 Å². The van der Waals surface area contributed by atoms with Crippen LogP contribution in [0.2, 0.25) is 0 Å². The van der Waals surface area contributed by atoms with Crippen LogP contribution in [-0.4, -0.2) is 24.2 Å². The van der Waals surface area contributed by atoms with Gasteiger partial charge in [-0.3, -0.25) is 4.79 Å². The molecular weight excluding hydrogens is 326 g/mol. The summed E-state index contributed by atoms with van der Waals surface area (Å²) in [6.45, 7) is 0. The molecule has 0 fully saturated rings. The summed E-state index contributed by atoms with van der Waals surface area (Å²) in [5.74, 6) is -4.25. The Labute approximate surface area is 115 Å². The zero-order valence-corrected chi connectivity index (χ0v) is 11.3. The van der Waals surface area contributed by atoms with Gasteiger partial charge in [0.15, 0.2) is 11.6 Å². The van der Waals surface area contributed by atoms with Crippen molar-refractivity contribution in [3.05, 3.63) is 39.4 Å². The van der Waals surface area contributed by atoms with Crippen LogP contribution in [0.1, 0.15) is 12.0 Å². The van der Waals surface area contributed by atoms with Crippen LogP contribution in [0.25, 0.3) is 6.08 Å². The number of rotatable bonds is 4. The topological polar surface area (TPSA) is 63.6 Å². The van der Waals surface area contributed by atoms with Crippen LogP contribution in [-0.2, 0) is 14.3 Å². The molecule has 0 bridgehead atoms. The number of carboxylic acids is 1. The molecule has 19 heavy (non-hydrogen) atoms. The first-order chi connectivity index (χ1) is 8.85. The van der Waals surface area contributed by atoms with Gasteiger partial charge >= 0.3 is 11.9 Å². The molecule has 1 aromatic carbocycles. The zero-order valence-electron chi connectivity index (χ0n) is 9.75. The van der Waals surface area contributed by atoms with E-state index in [-0.39, 0.29) is 15.6 Å². The molecule has 0 spiro atoms. The second-order valence-electron chi connectivity index (χ2n) is 3.52. The van der Waals surface area contributed by atoms with Gasteiger partial charge in [0.05, 0.1) is 13.5 Å². The summed E-state index contributed by atoms with van der Waals surface area (Å²) in [7, 11) is 1.10. The van der Waals surface area contributed by atoms with Gasteiger partial charge < -0.3 is 9.84 Å². The highest BCUT2D eigenvalue weighted by molar-refractivity contribution is 9.10. The maximum atomic E-state index is 13.1. The van der Waals surface area contributed by atoms with Crippen LogP contribution < -0.4 is 0 Å². The van der Waals surface area contributed by atoms with Gasteiger partial charge in [-0.1, -0.05) is 15.9 Å². The van der Waals surface area contributed by atoms with Crippen LogP contribution in [0.15, 0.2) is 22.2 Å². The number of carbonyl (C=O) groups is 2. The normalized spacial score (nSPS) is 11.3. The summed E-state index contributed by atoms with van der Waals surface area (Å²) in [6, 6.07) is 1.74. The first kappa shape index (κ1) is 15.3. The fraction of sp³-hybridized carbons (Fsp3) is 0.167. The summed E-state index contributed by atoms with van der Waals surface area (Å²) in [5.41, 5.74) is -0.0396. The first-order valence-electron chi connectivity index (χ1n) is 5.00. The van der Waals surface area contributed by atoms with Crippen molar-refractivity contribution in [1.82, 2.24) is 0 Å². The van der Waals surface area contributed by atoms with Gasteiger partial charge in [0.25, 0.3) is 0 Å². The number of hydrogen-bond acceptors (Lipinski definition) is 3. The average Bonchev–Trinajstić information content (AvgIpc) is 2.33. The number of methoxy groups -OCH3 is 1. The second kappa shape index (κ2) is 6.42. The molecule has 1 aromatic rings. The second-order valence-corrected chi connectivity index (χ2v) is 4.37. The Morgan fingerprint density at radius 2 is 1.95 bits per heavy atom. The lowest BCUT2D eigenvalue weighted by atomic mass is 10.1. The first-order valence-corrected chi connectivity index (χ1v) is 5.79. The molecule has 4 nitrogen and oxygen atoms in total. The fourth-order valence-corrected chi connectivity index (χ4v) is 1.74. The van der Waals surface area contributed by atoms with E-state index in [9.17, 15) is 18.4 Å². The van der Waals surface area contributed by atoms with E-state index in [2.05, 4.69) is 20.7 Å². The molecule has 0 aliphatic heterocycles. The number of carboxylic acid groups (broad SMARTS) is 1. The maximum Gasteiger partial charge on any atom is 0.334 e. The van der Waals surface area contributed by atoms with Crippen LogP contribution in [0, 0.1) is 11.6 Å². The van der Waals surface area contributed by atoms with Crippen molar-refractivity contribution in [2.45, 2.75) is 6.42 Å². The predicted molar refractivity (Wildman–Crippen MR) is 66.3 cm³/mol. The van der Waals surface area contributed by atoms with E-state index in [0.29, 0.717) is 0 Å². The molecule has 0 aliphatic rings. The summed E-state index contributed by atoms with van der Waals surface area (Å²) >= 11 is 3.00. The van der Waals surface area contributed by atoms with Crippen molar-refractivity contribution < 1.29 is 28.2 Å². The largest absolute Gasteiger partial charge is 0.481 e. The Kier molecular flexibility index (Phi) is 5.17. The molecule has 0 atom stereocenters. The van der Waals surface area contributed by atoms with Gasteiger partial charge in [-0.2, -0.15) is 0 Å². The highest BCUT2D eigenvalue weighted by Gasteiger charge is 2.15. The predicted octanol–water partition coefficient (Wildman–Crippen LogP) is 2.76. The molecule has 0 heterocycles. The van der Waals surface area contributed by atoms with Gasteiger partial charge in [0.1, 0.15) is 0 Å². The van der Waals surface area contributed by atoms with Crippen LogP contribution >= 0.6 is 15.9 Å². The Hall–Kier alpha value is -1.76. The molecule has 102 valence electrons. The third kappa shape index (κ3) is 4.13. The molecule has 0 aliphatic carbocycles. The Morgan fingerprint density at radius 3 is 2.47 bits per heavy atom. The minimum absolute atomic E-state index is 0.139. The molecule has 0 saturated carbocycles. The summed E-state index contributed by atoms with van der Waals surface area (Å²) in [5, 5.41) is 8.68. The third-order valence-corrected chi connectivity index (χ3v) is 2.85. The number of esters is 1. The monoisotopic (exact) mass is 334 g/mol. The van der Waals surface area contributed by atoms with Crippen molar-refractivity contribution in [2.75, 3.05) is 7.11 Å². The van der Waals surface area contributed by atoms with Crippen LogP contribution in [0.4, 0.5) is 8.78 Å². The van der Waals surface area contributed by atoms with E-state index in [1.165, 1.54) is 0 Å². The van der Waals surface area contributed by atoms with Gasteiger partial charge in [0, 0.05) is 10.0 Å². The Balaban J connectivity index is 3.25. The van der Waals surface area contributed by atoms with Crippen molar-refractivity contribution in [3.8, 4) is 0 Å². The minimum atomic E-state index is -1.24. The quantitative estimate of drug-likeness (QED) is 0.522. The molecule has 1 N–H and O–H groups in total. The van der Waals surface area contributed by atoms with E-state index in [0.717, 1.165) is 25.3 Å². The summed E-state index contributed by atoms with van der Waals surface area (Å²) < 4.78 is 30.6. The summed E-state index contributed by atoms with van der Waals surface area (Å²) in [6.07, 6.45) is 0.546. The lowest BCUT2D eigenvalue weighted by molar-refractivity contribution is -0.141. The molecule has 0 amide bonds. The number of hydrogen-bond donors (Lipinski definition) is 1. The number of aliphatic carboxylic acids is 1. The zero-order chi connectivity index (χ0) is 14.6. The van der Waals surface area contributed by atoms with Crippen LogP contribution in [0.3, 0.4) is 0 Å². The van der Waals surface area contributed by atoms with Gasteiger partial charge in [-0.05, 0) is 23.8 Å². The van der Waals surface area contributed by atoms with Crippen molar-refractivity contribution in [1.29, 1.82) is 0 Å². The van der Waals surface area contributed by atoms with Crippen molar-refractivity contribution >= 4 is 33.9 Å². The Bertz CT molecular complexity index is 555. The van der Waals surface area contributed by atoms with Crippen molar-refractivity contribution in [3.63, 3.8) is 0 Å². The highest BCUT2D eigenvalue weighted by atomic mass is 79.9. The van der Waals surface area contributed by atoms with Gasteiger partial charge in [0.2, 0.25) is 0 Å². The fourth-order valence-electron chi connectivity index (χ4n) is 1.31. The van der Waals surface area contributed by atoms with Gasteiger partial charge in [-0.15, -0.1) is 0 Å². The van der Waals surface area contributed by atoms with Gasteiger partial charge in [-0.25, -0.2) is 13.6 Å². The molecule has 0 radical (unpaired) electrons. The van der Waals surface area contributed by atoms with E-state index >= 15 is 0 Å². The highest BCUT2D eigenvalue weighted by Crippen LogP contribution is 2.24. The van der Waals surface area contributed by atoms with E-state index in [4.69, 9.17) is 5.11 Å². The molecule has 0 aromatic heterocycles. The Morgan fingerprint density at radius 1 is 1.37 bits per heavy atom. The molecule has 7 heteroatoms. The summed E-state index contributed by atoms with van der Waals surface area (Å²) in [4.78, 5) is 22.0. The lowest BCUT2D eigenvalue weighted by Gasteiger charge is -2.05. The number of carbonyl (C=O) groups excluding carboxylic acids is 1. The molecule has 0 saturated heterocycles.